The number of aliphatic hydroxyl groups is 1. The summed E-state index contributed by atoms with van der Waals surface area (Å²) in [5.74, 6) is 0.136. The Bertz CT molecular complexity index is 278. The summed E-state index contributed by atoms with van der Waals surface area (Å²) >= 11 is 3.18. The van der Waals surface area contributed by atoms with Gasteiger partial charge in [0.25, 0.3) is 0 Å². The molecule has 12 heavy (non-hydrogen) atoms. The molecule has 0 fully saturated rings. The zero-order valence-electron chi connectivity index (χ0n) is 6.37. The zero-order valence-corrected chi connectivity index (χ0v) is 7.95. The van der Waals surface area contributed by atoms with Gasteiger partial charge < -0.3 is 15.9 Å². The first-order chi connectivity index (χ1) is 5.66. The highest BCUT2D eigenvalue weighted by atomic mass is 79.9. The van der Waals surface area contributed by atoms with Gasteiger partial charge in [-0.25, -0.2) is 0 Å². The van der Waals surface area contributed by atoms with Gasteiger partial charge in [-0.2, -0.15) is 0 Å². The van der Waals surface area contributed by atoms with E-state index in [0.717, 1.165) is 0 Å². The molecule has 0 radical (unpaired) electrons. The molecule has 3 nitrogen and oxygen atoms in total. The summed E-state index contributed by atoms with van der Waals surface area (Å²) in [6.45, 7) is -0.137. The van der Waals surface area contributed by atoms with Gasteiger partial charge >= 0.3 is 0 Å². The molecule has 0 spiro atoms. The summed E-state index contributed by atoms with van der Waals surface area (Å²) < 4.78 is 0.548. The third-order valence-corrected chi connectivity index (χ3v) is 2.47. The minimum Gasteiger partial charge on any atom is -0.507 e. The number of aromatic hydroxyl groups is 1. The molecular formula is C8H10BrNO2. The van der Waals surface area contributed by atoms with Crippen molar-refractivity contribution < 1.29 is 10.2 Å². The molecular weight excluding hydrogens is 222 g/mol. The first-order valence-electron chi connectivity index (χ1n) is 3.50. The Morgan fingerprint density at radius 3 is 2.75 bits per heavy atom. The molecule has 0 amide bonds. The minimum atomic E-state index is -0.452. The SMILES string of the molecule is NC(CO)c1cccc(O)c1Br. The van der Waals surface area contributed by atoms with Gasteiger partial charge in [0.2, 0.25) is 0 Å². The number of aliphatic hydroxyl groups excluding tert-OH is 1. The summed E-state index contributed by atoms with van der Waals surface area (Å²) in [4.78, 5) is 0. The lowest BCUT2D eigenvalue weighted by atomic mass is 10.1. The van der Waals surface area contributed by atoms with Crippen LogP contribution in [0.15, 0.2) is 22.7 Å². The van der Waals surface area contributed by atoms with Crippen LogP contribution in [0.3, 0.4) is 0 Å². The van der Waals surface area contributed by atoms with Crippen LogP contribution in [-0.2, 0) is 0 Å². The van der Waals surface area contributed by atoms with Crippen molar-refractivity contribution in [3.63, 3.8) is 0 Å². The fourth-order valence-corrected chi connectivity index (χ4v) is 1.48. The molecule has 1 atom stereocenters. The number of halogens is 1. The van der Waals surface area contributed by atoms with E-state index in [9.17, 15) is 5.11 Å². The molecule has 66 valence electrons. The topological polar surface area (TPSA) is 66.5 Å². The van der Waals surface area contributed by atoms with Crippen LogP contribution in [-0.4, -0.2) is 16.8 Å². The minimum absolute atomic E-state index is 0.136. The van der Waals surface area contributed by atoms with Crippen molar-refractivity contribution in [2.45, 2.75) is 6.04 Å². The summed E-state index contributed by atoms with van der Waals surface area (Å²) in [5, 5.41) is 18.0. The van der Waals surface area contributed by atoms with E-state index in [1.54, 1.807) is 18.2 Å². The van der Waals surface area contributed by atoms with Gasteiger partial charge in [-0.15, -0.1) is 0 Å². The standard InChI is InChI=1S/C8H10BrNO2/c9-8-5(6(10)4-11)2-1-3-7(8)12/h1-3,6,11-12H,4,10H2. The first kappa shape index (κ1) is 9.51. The van der Waals surface area contributed by atoms with E-state index in [1.807, 2.05) is 0 Å². The maximum absolute atomic E-state index is 9.26. The Balaban J connectivity index is 3.07. The lowest BCUT2D eigenvalue weighted by Crippen LogP contribution is -2.14. The van der Waals surface area contributed by atoms with Crippen molar-refractivity contribution in [1.29, 1.82) is 0 Å². The fourth-order valence-electron chi connectivity index (χ4n) is 0.922. The maximum atomic E-state index is 9.26. The van der Waals surface area contributed by atoms with Crippen molar-refractivity contribution in [2.75, 3.05) is 6.61 Å². The van der Waals surface area contributed by atoms with Gasteiger partial charge in [0.05, 0.1) is 17.1 Å². The normalized spacial score (nSPS) is 12.9. The Hall–Kier alpha value is -0.580. The Labute approximate surface area is 79.0 Å². The van der Waals surface area contributed by atoms with Gasteiger partial charge in [0.1, 0.15) is 5.75 Å². The second kappa shape index (κ2) is 3.89. The average Bonchev–Trinajstić information content (AvgIpc) is 2.08. The van der Waals surface area contributed by atoms with E-state index in [4.69, 9.17) is 10.8 Å². The second-order valence-corrected chi connectivity index (χ2v) is 3.26. The number of phenolic OH excluding ortho intramolecular Hbond substituents is 1. The molecule has 1 aromatic rings. The predicted octanol–water partition coefficient (Wildman–Crippen LogP) is 1.15. The molecule has 1 rings (SSSR count). The van der Waals surface area contributed by atoms with Crippen LogP contribution in [0.5, 0.6) is 5.75 Å². The summed E-state index contributed by atoms with van der Waals surface area (Å²) in [7, 11) is 0. The molecule has 0 heterocycles. The predicted molar refractivity (Wildman–Crippen MR) is 49.8 cm³/mol. The van der Waals surface area contributed by atoms with Gasteiger partial charge in [0, 0.05) is 0 Å². The van der Waals surface area contributed by atoms with Gasteiger partial charge in [-0.1, -0.05) is 12.1 Å². The van der Waals surface area contributed by atoms with E-state index < -0.39 is 6.04 Å². The highest BCUT2D eigenvalue weighted by molar-refractivity contribution is 9.10. The van der Waals surface area contributed by atoms with Crippen LogP contribution in [0.2, 0.25) is 0 Å². The van der Waals surface area contributed by atoms with E-state index >= 15 is 0 Å². The highest BCUT2D eigenvalue weighted by Gasteiger charge is 2.10. The second-order valence-electron chi connectivity index (χ2n) is 2.47. The molecule has 0 bridgehead atoms. The van der Waals surface area contributed by atoms with E-state index in [1.165, 1.54) is 0 Å². The van der Waals surface area contributed by atoms with Crippen LogP contribution < -0.4 is 5.73 Å². The molecule has 0 saturated heterocycles. The van der Waals surface area contributed by atoms with Crippen molar-refractivity contribution in [2.24, 2.45) is 5.73 Å². The average molecular weight is 232 g/mol. The summed E-state index contributed by atoms with van der Waals surface area (Å²) in [6, 6.07) is 4.54. The van der Waals surface area contributed by atoms with Crippen molar-refractivity contribution in [3.05, 3.63) is 28.2 Å². The lowest BCUT2D eigenvalue weighted by molar-refractivity contribution is 0.267. The van der Waals surface area contributed by atoms with Crippen molar-refractivity contribution >= 4 is 15.9 Å². The number of phenols is 1. The van der Waals surface area contributed by atoms with Crippen molar-refractivity contribution in [3.8, 4) is 5.75 Å². The van der Waals surface area contributed by atoms with Crippen LogP contribution >= 0.6 is 15.9 Å². The number of hydrogen-bond acceptors (Lipinski definition) is 3. The number of nitrogens with two attached hydrogens (primary N) is 1. The molecule has 0 aromatic heterocycles. The lowest BCUT2D eigenvalue weighted by Gasteiger charge is -2.11. The molecule has 0 saturated carbocycles. The third-order valence-electron chi connectivity index (χ3n) is 1.60. The fraction of sp³-hybridized carbons (Fsp3) is 0.250. The first-order valence-corrected chi connectivity index (χ1v) is 4.30. The Morgan fingerprint density at radius 1 is 1.50 bits per heavy atom. The molecule has 1 aromatic carbocycles. The highest BCUT2D eigenvalue weighted by Crippen LogP contribution is 2.30. The number of benzene rings is 1. The molecule has 1 unspecified atom stereocenters. The van der Waals surface area contributed by atoms with Crippen LogP contribution in [0.25, 0.3) is 0 Å². The molecule has 0 aliphatic heterocycles. The molecule has 0 aliphatic carbocycles. The molecule has 0 aliphatic rings. The van der Waals surface area contributed by atoms with Crippen LogP contribution in [0, 0.1) is 0 Å². The van der Waals surface area contributed by atoms with E-state index in [-0.39, 0.29) is 12.4 Å². The maximum Gasteiger partial charge on any atom is 0.130 e. The number of rotatable bonds is 2. The summed E-state index contributed by atoms with van der Waals surface area (Å²) in [6.07, 6.45) is 0. The molecule has 4 N–H and O–H groups in total. The van der Waals surface area contributed by atoms with Crippen molar-refractivity contribution in [1.82, 2.24) is 0 Å². The van der Waals surface area contributed by atoms with E-state index in [0.29, 0.717) is 10.0 Å². The Kier molecular flexibility index (Phi) is 3.08. The summed E-state index contributed by atoms with van der Waals surface area (Å²) in [5.41, 5.74) is 6.28. The molecule has 4 heteroatoms. The largest absolute Gasteiger partial charge is 0.507 e. The van der Waals surface area contributed by atoms with Gasteiger partial charge in [0.15, 0.2) is 0 Å². The quantitative estimate of drug-likeness (QED) is 0.716. The monoisotopic (exact) mass is 231 g/mol. The van der Waals surface area contributed by atoms with Crippen LogP contribution in [0.4, 0.5) is 0 Å². The van der Waals surface area contributed by atoms with Crippen LogP contribution in [0.1, 0.15) is 11.6 Å². The zero-order chi connectivity index (χ0) is 9.14. The van der Waals surface area contributed by atoms with Gasteiger partial charge in [-0.05, 0) is 27.6 Å². The third kappa shape index (κ3) is 1.77. The van der Waals surface area contributed by atoms with Gasteiger partial charge in [-0.3, -0.25) is 0 Å². The smallest absolute Gasteiger partial charge is 0.130 e. The number of hydrogen-bond donors (Lipinski definition) is 3. The Morgan fingerprint density at radius 2 is 2.17 bits per heavy atom. The van der Waals surface area contributed by atoms with E-state index in [2.05, 4.69) is 15.9 Å².